The second-order valence-corrected chi connectivity index (χ2v) is 5.64. The van der Waals surface area contributed by atoms with Crippen molar-refractivity contribution in [3.05, 3.63) is 0 Å². The molecule has 0 aromatic rings. The van der Waals surface area contributed by atoms with Gasteiger partial charge in [0.2, 0.25) is 5.91 Å². The second kappa shape index (κ2) is 5.17. The molecule has 0 radical (unpaired) electrons. The van der Waals surface area contributed by atoms with Crippen molar-refractivity contribution in [3.63, 3.8) is 0 Å². The quantitative estimate of drug-likeness (QED) is 0.777. The lowest BCUT2D eigenvalue weighted by atomic mass is 9.84. The molecule has 3 heteroatoms. The van der Waals surface area contributed by atoms with Crippen molar-refractivity contribution in [1.82, 2.24) is 4.90 Å². The van der Waals surface area contributed by atoms with Gasteiger partial charge < -0.3 is 10.6 Å². The fourth-order valence-corrected chi connectivity index (χ4v) is 3.28. The molecule has 0 unspecified atom stereocenters. The van der Waals surface area contributed by atoms with Gasteiger partial charge >= 0.3 is 0 Å². The maximum atomic E-state index is 11.1. The topological polar surface area (TPSA) is 46.3 Å². The van der Waals surface area contributed by atoms with E-state index >= 15 is 0 Å². The second-order valence-electron chi connectivity index (χ2n) is 5.64. The van der Waals surface area contributed by atoms with Crippen molar-refractivity contribution in [1.29, 1.82) is 0 Å². The normalized spacial score (nSPS) is 33.8. The predicted octanol–water partition coefficient (Wildman–Crippen LogP) is 1.76. The molecule has 2 rings (SSSR count). The predicted molar refractivity (Wildman–Crippen MR) is 64.9 cm³/mol. The molecule has 16 heavy (non-hydrogen) atoms. The van der Waals surface area contributed by atoms with Gasteiger partial charge in [-0.2, -0.15) is 0 Å². The van der Waals surface area contributed by atoms with E-state index in [1.54, 1.807) is 0 Å². The van der Waals surface area contributed by atoms with Crippen LogP contribution in [0.3, 0.4) is 0 Å². The lowest BCUT2D eigenvalue weighted by Crippen LogP contribution is -2.45. The van der Waals surface area contributed by atoms with E-state index in [4.69, 9.17) is 5.73 Å². The largest absolute Gasteiger partial charge is 0.369 e. The lowest BCUT2D eigenvalue weighted by molar-refractivity contribution is -0.123. The van der Waals surface area contributed by atoms with Crippen molar-refractivity contribution in [2.24, 2.45) is 17.6 Å². The Morgan fingerprint density at radius 2 is 1.88 bits per heavy atom. The van der Waals surface area contributed by atoms with E-state index in [9.17, 15) is 4.79 Å². The number of hydrogen-bond acceptors (Lipinski definition) is 2. The Kier molecular flexibility index (Phi) is 3.85. The Hall–Kier alpha value is -0.570. The molecule has 1 saturated heterocycles. The van der Waals surface area contributed by atoms with Crippen LogP contribution < -0.4 is 5.73 Å². The molecule has 1 amide bonds. The first-order valence-electron chi connectivity index (χ1n) is 6.70. The molecule has 2 atom stereocenters. The third kappa shape index (κ3) is 2.76. The van der Waals surface area contributed by atoms with E-state index in [0.29, 0.717) is 0 Å². The van der Waals surface area contributed by atoms with Gasteiger partial charge in [-0.05, 0) is 44.7 Å². The summed E-state index contributed by atoms with van der Waals surface area (Å²) in [5.74, 6) is 0.918. The zero-order chi connectivity index (χ0) is 11.5. The van der Waals surface area contributed by atoms with Crippen LogP contribution >= 0.6 is 0 Å². The summed E-state index contributed by atoms with van der Waals surface area (Å²) in [7, 11) is 0. The van der Waals surface area contributed by atoms with Crippen molar-refractivity contribution in [2.75, 3.05) is 13.1 Å². The number of carbonyl (C=O) groups excluding carboxylic acids is 1. The third-order valence-corrected chi connectivity index (χ3v) is 4.36. The number of nitrogens with two attached hydrogens (primary N) is 1. The Labute approximate surface area is 98.4 Å². The van der Waals surface area contributed by atoms with Crippen LogP contribution in [0.2, 0.25) is 0 Å². The summed E-state index contributed by atoms with van der Waals surface area (Å²) in [6.07, 6.45) is 7.42. The van der Waals surface area contributed by atoms with Gasteiger partial charge in [-0.3, -0.25) is 4.79 Å². The maximum absolute atomic E-state index is 11.1. The lowest BCUT2D eigenvalue weighted by Gasteiger charge is -2.40. The highest BCUT2D eigenvalue weighted by Crippen LogP contribution is 2.29. The summed E-state index contributed by atoms with van der Waals surface area (Å²) >= 11 is 0. The Morgan fingerprint density at radius 3 is 2.44 bits per heavy atom. The molecular formula is C13H24N2O. The summed E-state index contributed by atoms with van der Waals surface area (Å²) in [6.45, 7) is 4.51. The van der Waals surface area contributed by atoms with Crippen LogP contribution in [0.5, 0.6) is 0 Å². The van der Waals surface area contributed by atoms with Crippen LogP contribution in [0.15, 0.2) is 0 Å². The van der Waals surface area contributed by atoms with Crippen LogP contribution in [-0.2, 0) is 4.79 Å². The fourth-order valence-electron chi connectivity index (χ4n) is 3.28. The number of primary amides is 1. The van der Waals surface area contributed by atoms with Gasteiger partial charge in [-0.25, -0.2) is 0 Å². The first-order valence-corrected chi connectivity index (χ1v) is 6.70. The molecule has 1 aliphatic heterocycles. The molecule has 3 nitrogen and oxygen atoms in total. The first-order chi connectivity index (χ1) is 7.66. The molecule has 0 spiro atoms. The Morgan fingerprint density at radius 1 is 1.19 bits per heavy atom. The minimum atomic E-state index is -0.100. The van der Waals surface area contributed by atoms with Gasteiger partial charge in [-0.15, -0.1) is 0 Å². The smallest absolute Gasteiger partial charge is 0.220 e. The summed E-state index contributed by atoms with van der Waals surface area (Å²) in [4.78, 5) is 13.7. The zero-order valence-electron chi connectivity index (χ0n) is 10.3. The molecule has 1 saturated carbocycles. The van der Waals surface area contributed by atoms with Crippen molar-refractivity contribution >= 4 is 5.91 Å². The van der Waals surface area contributed by atoms with Gasteiger partial charge in [0.15, 0.2) is 0 Å². The van der Waals surface area contributed by atoms with Crippen LogP contribution in [0, 0.1) is 11.8 Å². The minimum absolute atomic E-state index is 0.100. The first kappa shape index (κ1) is 11.9. The third-order valence-electron chi connectivity index (χ3n) is 4.36. The number of nitrogens with zero attached hydrogens (tertiary/aromatic N) is 1. The molecule has 0 aromatic heterocycles. The van der Waals surface area contributed by atoms with Gasteiger partial charge in [0.1, 0.15) is 0 Å². The SMILES string of the molecule is C[C@H]1CCC[C@@H](N2CCC(C(N)=O)CC2)C1. The monoisotopic (exact) mass is 224 g/mol. The Bertz CT molecular complexity index is 246. The molecular weight excluding hydrogens is 200 g/mol. The van der Waals surface area contributed by atoms with E-state index in [1.807, 2.05) is 0 Å². The standard InChI is InChI=1S/C13H24N2O/c1-10-3-2-4-12(9-10)15-7-5-11(6-8-15)13(14)16/h10-12H,2-9H2,1H3,(H2,14,16)/t10-,12+/m0/s1. The van der Waals surface area contributed by atoms with E-state index in [-0.39, 0.29) is 11.8 Å². The zero-order valence-corrected chi connectivity index (χ0v) is 10.3. The van der Waals surface area contributed by atoms with Crippen LogP contribution in [0.25, 0.3) is 0 Å². The van der Waals surface area contributed by atoms with Crippen LogP contribution in [0.1, 0.15) is 45.4 Å². The number of amides is 1. The Balaban J connectivity index is 1.81. The summed E-state index contributed by atoms with van der Waals surface area (Å²) in [5, 5.41) is 0. The van der Waals surface area contributed by atoms with Gasteiger partial charge in [0, 0.05) is 12.0 Å². The molecule has 2 aliphatic rings. The number of rotatable bonds is 2. The molecule has 2 N–H and O–H groups in total. The van der Waals surface area contributed by atoms with Crippen molar-refractivity contribution in [3.8, 4) is 0 Å². The number of piperidine rings is 1. The molecule has 1 heterocycles. The number of carbonyl (C=O) groups is 1. The minimum Gasteiger partial charge on any atom is -0.369 e. The average Bonchev–Trinajstić information content (AvgIpc) is 2.29. The average molecular weight is 224 g/mol. The van der Waals surface area contributed by atoms with Crippen LogP contribution in [-0.4, -0.2) is 29.9 Å². The molecule has 1 aliphatic carbocycles. The number of hydrogen-bond donors (Lipinski definition) is 1. The summed E-state index contributed by atoms with van der Waals surface area (Å²) < 4.78 is 0. The summed E-state index contributed by atoms with van der Waals surface area (Å²) in [5.41, 5.74) is 5.36. The molecule has 92 valence electrons. The van der Waals surface area contributed by atoms with Gasteiger partial charge in [0.05, 0.1) is 0 Å². The highest BCUT2D eigenvalue weighted by atomic mass is 16.1. The van der Waals surface area contributed by atoms with E-state index < -0.39 is 0 Å². The van der Waals surface area contributed by atoms with E-state index in [2.05, 4.69) is 11.8 Å². The number of likely N-dealkylation sites (tertiary alicyclic amines) is 1. The van der Waals surface area contributed by atoms with E-state index in [0.717, 1.165) is 37.9 Å². The van der Waals surface area contributed by atoms with Gasteiger partial charge in [0.25, 0.3) is 0 Å². The highest BCUT2D eigenvalue weighted by Gasteiger charge is 2.29. The molecule has 0 aromatic carbocycles. The molecule has 0 bridgehead atoms. The van der Waals surface area contributed by atoms with Crippen molar-refractivity contribution < 1.29 is 4.79 Å². The molecule has 2 fully saturated rings. The highest BCUT2D eigenvalue weighted by molar-refractivity contribution is 5.76. The van der Waals surface area contributed by atoms with E-state index in [1.165, 1.54) is 25.7 Å². The van der Waals surface area contributed by atoms with Crippen molar-refractivity contribution in [2.45, 2.75) is 51.5 Å². The van der Waals surface area contributed by atoms with Crippen LogP contribution in [0.4, 0.5) is 0 Å². The summed E-state index contributed by atoms with van der Waals surface area (Å²) in [6, 6.07) is 0.776. The van der Waals surface area contributed by atoms with Gasteiger partial charge in [-0.1, -0.05) is 19.8 Å². The maximum Gasteiger partial charge on any atom is 0.220 e. The fraction of sp³-hybridized carbons (Fsp3) is 0.923.